The number of aliphatic hydroxyl groups excluding tert-OH is 2. The molecule has 0 aliphatic heterocycles. The van der Waals surface area contributed by atoms with Crippen LogP contribution in [0.1, 0.15) is 25.3 Å². The minimum atomic E-state index is -0.920. The van der Waals surface area contributed by atoms with Crippen LogP contribution in [0.15, 0.2) is 24.3 Å². The van der Waals surface area contributed by atoms with Crippen LogP contribution in [0.25, 0.3) is 0 Å². The van der Waals surface area contributed by atoms with E-state index >= 15 is 0 Å². The third-order valence-corrected chi connectivity index (χ3v) is 3.49. The summed E-state index contributed by atoms with van der Waals surface area (Å²) < 4.78 is 5.07. The summed E-state index contributed by atoms with van der Waals surface area (Å²) in [7, 11) is 1.61. The van der Waals surface area contributed by atoms with Crippen LogP contribution in [0.2, 0.25) is 0 Å². The Morgan fingerprint density at radius 1 is 1.25 bits per heavy atom. The molecule has 0 unspecified atom stereocenters. The molecule has 0 saturated carbocycles. The van der Waals surface area contributed by atoms with Crippen LogP contribution in [-0.4, -0.2) is 42.0 Å². The highest BCUT2D eigenvalue weighted by molar-refractivity contribution is 5.77. The number of nitrogens with one attached hydrogen (secondary N) is 1. The number of aryl methyl sites for hydroxylation is 1. The zero-order valence-corrected chi connectivity index (χ0v) is 12.1. The van der Waals surface area contributed by atoms with Crippen LogP contribution >= 0.6 is 0 Å². The van der Waals surface area contributed by atoms with Crippen molar-refractivity contribution in [1.29, 1.82) is 0 Å². The lowest BCUT2D eigenvalue weighted by atomic mass is 9.98. The van der Waals surface area contributed by atoms with Crippen molar-refractivity contribution in [2.45, 2.75) is 31.7 Å². The van der Waals surface area contributed by atoms with Gasteiger partial charge in [-0.2, -0.15) is 0 Å². The summed E-state index contributed by atoms with van der Waals surface area (Å²) in [5.41, 5.74) is 0.118. The van der Waals surface area contributed by atoms with Gasteiger partial charge in [-0.15, -0.1) is 0 Å². The van der Waals surface area contributed by atoms with Crippen molar-refractivity contribution in [1.82, 2.24) is 5.32 Å². The molecule has 1 aromatic carbocycles. The predicted octanol–water partition coefficient (Wildman–Crippen LogP) is 0.877. The lowest BCUT2D eigenvalue weighted by Gasteiger charge is -2.29. The van der Waals surface area contributed by atoms with Gasteiger partial charge >= 0.3 is 0 Å². The Bertz CT molecular complexity index is 404. The molecule has 0 heterocycles. The normalized spacial score (nSPS) is 11.2. The third-order valence-electron chi connectivity index (χ3n) is 3.49. The molecule has 0 radical (unpaired) electrons. The molecule has 0 fully saturated rings. The SMILES string of the molecule is CCC(CO)(CO)NC(=O)CCc1ccc(OC)cc1. The number of carbonyl (C=O) groups is 1. The Hall–Kier alpha value is -1.59. The molecule has 5 heteroatoms. The van der Waals surface area contributed by atoms with Crippen LogP contribution in [0.4, 0.5) is 0 Å². The van der Waals surface area contributed by atoms with Gasteiger partial charge < -0.3 is 20.3 Å². The van der Waals surface area contributed by atoms with E-state index in [1.807, 2.05) is 31.2 Å². The summed E-state index contributed by atoms with van der Waals surface area (Å²) in [6, 6.07) is 7.53. The molecule has 5 nitrogen and oxygen atoms in total. The summed E-state index contributed by atoms with van der Waals surface area (Å²) in [4.78, 5) is 11.9. The number of rotatable bonds is 8. The second-order valence-electron chi connectivity index (χ2n) is 4.85. The van der Waals surface area contributed by atoms with Gasteiger partial charge in [-0.1, -0.05) is 19.1 Å². The van der Waals surface area contributed by atoms with E-state index < -0.39 is 5.54 Å². The van der Waals surface area contributed by atoms with Gasteiger partial charge in [0.15, 0.2) is 0 Å². The second-order valence-corrected chi connectivity index (χ2v) is 4.85. The lowest BCUT2D eigenvalue weighted by Crippen LogP contribution is -2.53. The molecular weight excluding hydrogens is 258 g/mol. The van der Waals surface area contributed by atoms with Crippen LogP contribution in [-0.2, 0) is 11.2 Å². The number of carbonyl (C=O) groups excluding carboxylic acids is 1. The molecule has 1 aromatic rings. The first kappa shape index (κ1) is 16.5. The first-order valence-corrected chi connectivity index (χ1v) is 6.75. The quantitative estimate of drug-likeness (QED) is 0.661. The van der Waals surface area contributed by atoms with E-state index in [4.69, 9.17) is 4.74 Å². The van der Waals surface area contributed by atoms with Gasteiger partial charge in [-0.05, 0) is 30.5 Å². The van der Waals surface area contributed by atoms with E-state index in [0.29, 0.717) is 19.3 Å². The minimum absolute atomic E-state index is 0.175. The third kappa shape index (κ3) is 4.51. The number of methoxy groups -OCH3 is 1. The smallest absolute Gasteiger partial charge is 0.220 e. The zero-order valence-electron chi connectivity index (χ0n) is 12.1. The molecule has 0 atom stereocenters. The zero-order chi connectivity index (χ0) is 15.0. The van der Waals surface area contributed by atoms with E-state index in [-0.39, 0.29) is 19.1 Å². The number of ether oxygens (including phenoxy) is 1. The predicted molar refractivity (Wildman–Crippen MR) is 76.7 cm³/mol. The largest absolute Gasteiger partial charge is 0.497 e. The molecule has 0 spiro atoms. The Labute approximate surface area is 119 Å². The van der Waals surface area contributed by atoms with Crippen LogP contribution in [0.3, 0.4) is 0 Å². The highest BCUT2D eigenvalue weighted by Gasteiger charge is 2.28. The maximum absolute atomic E-state index is 11.9. The van der Waals surface area contributed by atoms with E-state index in [2.05, 4.69) is 5.32 Å². The van der Waals surface area contributed by atoms with Gasteiger partial charge in [0.2, 0.25) is 5.91 Å². The molecule has 0 aliphatic carbocycles. The Morgan fingerprint density at radius 3 is 2.30 bits per heavy atom. The molecule has 0 bridgehead atoms. The number of aliphatic hydroxyl groups is 2. The molecule has 1 amide bonds. The van der Waals surface area contributed by atoms with Crippen molar-refractivity contribution in [3.05, 3.63) is 29.8 Å². The Morgan fingerprint density at radius 2 is 1.85 bits per heavy atom. The van der Waals surface area contributed by atoms with Crippen LogP contribution in [0.5, 0.6) is 5.75 Å². The van der Waals surface area contributed by atoms with Crippen molar-refractivity contribution in [2.75, 3.05) is 20.3 Å². The average Bonchev–Trinajstić information content (AvgIpc) is 2.51. The van der Waals surface area contributed by atoms with Crippen molar-refractivity contribution in [3.63, 3.8) is 0 Å². The first-order valence-electron chi connectivity index (χ1n) is 6.75. The van der Waals surface area contributed by atoms with E-state index in [0.717, 1.165) is 11.3 Å². The summed E-state index contributed by atoms with van der Waals surface area (Å²) in [5, 5.41) is 21.3. The maximum Gasteiger partial charge on any atom is 0.220 e. The molecule has 20 heavy (non-hydrogen) atoms. The molecular formula is C15H23NO4. The molecule has 112 valence electrons. The standard InChI is InChI=1S/C15H23NO4/c1-3-15(10-17,11-18)16-14(19)9-6-12-4-7-13(20-2)8-5-12/h4-5,7-8,17-18H,3,6,9-11H2,1-2H3,(H,16,19). The number of hydrogen-bond acceptors (Lipinski definition) is 4. The summed E-state index contributed by atoms with van der Waals surface area (Å²) in [5.74, 6) is 0.606. The minimum Gasteiger partial charge on any atom is -0.497 e. The second kappa shape index (κ2) is 7.87. The number of benzene rings is 1. The van der Waals surface area contributed by atoms with Crippen molar-refractivity contribution in [2.24, 2.45) is 0 Å². The fraction of sp³-hybridized carbons (Fsp3) is 0.533. The van der Waals surface area contributed by atoms with Gasteiger partial charge in [0.25, 0.3) is 0 Å². The topological polar surface area (TPSA) is 78.8 Å². The van der Waals surface area contributed by atoms with E-state index in [1.165, 1.54) is 0 Å². The summed E-state index contributed by atoms with van der Waals surface area (Å²) in [6.45, 7) is 1.28. The number of amides is 1. The summed E-state index contributed by atoms with van der Waals surface area (Å²) >= 11 is 0. The molecule has 1 rings (SSSR count). The monoisotopic (exact) mass is 281 g/mol. The van der Waals surface area contributed by atoms with Crippen LogP contribution in [0, 0.1) is 0 Å². The molecule has 3 N–H and O–H groups in total. The highest BCUT2D eigenvalue weighted by Crippen LogP contribution is 2.13. The van der Waals surface area contributed by atoms with Gasteiger partial charge in [0.1, 0.15) is 5.75 Å². The molecule has 0 aliphatic rings. The van der Waals surface area contributed by atoms with Gasteiger partial charge in [-0.3, -0.25) is 4.79 Å². The van der Waals surface area contributed by atoms with Crippen molar-refractivity contribution in [3.8, 4) is 5.75 Å². The highest BCUT2D eigenvalue weighted by atomic mass is 16.5. The maximum atomic E-state index is 11.9. The van der Waals surface area contributed by atoms with Gasteiger partial charge in [0, 0.05) is 6.42 Å². The number of hydrogen-bond donors (Lipinski definition) is 3. The first-order chi connectivity index (χ1) is 9.59. The van der Waals surface area contributed by atoms with Gasteiger partial charge in [0.05, 0.1) is 25.9 Å². The van der Waals surface area contributed by atoms with E-state index in [9.17, 15) is 15.0 Å². The summed E-state index contributed by atoms with van der Waals surface area (Å²) in [6.07, 6.45) is 1.40. The van der Waals surface area contributed by atoms with Crippen molar-refractivity contribution >= 4 is 5.91 Å². The van der Waals surface area contributed by atoms with E-state index in [1.54, 1.807) is 7.11 Å². The Kier molecular flexibility index (Phi) is 6.48. The fourth-order valence-corrected chi connectivity index (χ4v) is 1.85. The fourth-order valence-electron chi connectivity index (χ4n) is 1.85. The van der Waals surface area contributed by atoms with Crippen molar-refractivity contribution < 1.29 is 19.7 Å². The average molecular weight is 281 g/mol. The lowest BCUT2D eigenvalue weighted by molar-refractivity contribution is -0.124. The Balaban J connectivity index is 2.50. The molecule has 0 saturated heterocycles. The van der Waals surface area contributed by atoms with Crippen LogP contribution < -0.4 is 10.1 Å². The van der Waals surface area contributed by atoms with Gasteiger partial charge in [-0.25, -0.2) is 0 Å². The molecule has 0 aromatic heterocycles.